The quantitative estimate of drug-likeness (QED) is 0.726. The van der Waals surface area contributed by atoms with Crippen molar-refractivity contribution in [2.45, 2.75) is 0 Å². The van der Waals surface area contributed by atoms with Gasteiger partial charge in [0.15, 0.2) is 5.13 Å². The van der Waals surface area contributed by atoms with Crippen LogP contribution in [0, 0.1) is 0 Å². The molecular formula is C17H18N6OS2. The summed E-state index contributed by atoms with van der Waals surface area (Å²) in [5.74, 6) is -0.0455. The van der Waals surface area contributed by atoms with E-state index in [0.717, 1.165) is 42.6 Å². The fourth-order valence-corrected chi connectivity index (χ4v) is 4.19. The van der Waals surface area contributed by atoms with E-state index in [1.165, 1.54) is 11.3 Å². The number of nitrogens with one attached hydrogen (secondary N) is 1. The van der Waals surface area contributed by atoms with Crippen LogP contribution in [0.1, 0.15) is 0 Å². The number of anilines is 2. The Morgan fingerprint density at radius 1 is 1.12 bits per heavy atom. The Kier molecular flexibility index (Phi) is 5.19. The number of carbonyl (C=O) groups is 1. The van der Waals surface area contributed by atoms with Crippen molar-refractivity contribution < 1.29 is 4.79 Å². The van der Waals surface area contributed by atoms with E-state index in [2.05, 4.69) is 42.8 Å². The molecule has 0 unspecified atom stereocenters. The maximum atomic E-state index is 12.1. The summed E-state index contributed by atoms with van der Waals surface area (Å²) in [4.78, 5) is 21.3. The molecule has 1 aromatic carbocycles. The summed E-state index contributed by atoms with van der Waals surface area (Å²) in [6.07, 6.45) is 0. The number of hydrogen-bond donors (Lipinski definition) is 1. The zero-order valence-corrected chi connectivity index (χ0v) is 15.7. The lowest BCUT2D eigenvalue weighted by molar-refractivity contribution is -0.117. The number of benzene rings is 1. The van der Waals surface area contributed by atoms with Crippen molar-refractivity contribution >= 4 is 38.8 Å². The summed E-state index contributed by atoms with van der Waals surface area (Å²) >= 11 is 3.00. The Balaban J connectivity index is 1.30. The number of nitrogens with zero attached hydrogens (tertiary/aromatic N) is 5. The number of hydrogen-bond acceptors (Lipinski definition) is 8. The van der Waals surface area contributed by atoms with Crippen LogP contribution in [0.3, 0.4) is 0 Å². The van der Waals surface area contributed by atoms with Crippen molar-refractivity contribution in [3.05, 3.63) is 41.2 Å². The summed E-state index contributed by atoms with van der Waals surface area (Å²) in [5, 5.41) is 14.0. The fraction of sp³-hybridized carbons (Fsp3) is 0.294. The molecule has 7 nitrogen and oxygen atoms in total. The van der Waals surface area contributed by atoms with Gasteiger partial charge < -0.3 is 4.90 Å². The third kappa shape index (κ3) is 4.06. The van der Waals surface area contributed by atoms with E-state index >= 15 is 0 Å². The molecule has 1 amide bonds. The molecule has 1 saturated heterocycles. The number of rotatable bonds is 5. The van der Waals surface area contributed by atoms with Crippen molar-refractivity contribution in [3.8, 4) is 11.3 Å². The van der Waals surface area contributed by atoms with E-state index in [9.17, 15) is 4.79 Å². The molecule has 3 aromatic rings. The average Bonchev–Trinajstić information content (AvgIpc) is 3.35. The Morgan fingerprint density at radius 2 is 1.92 bits per heavy atom. The van der Waals surface area contributed by atoms with E-state index in [0.29, 0.717) is 11.7 Å². The summed E-state index contributed by atoms with van der Waals surface area (Å²) < 4.78 is 0. The molecule has 1 aliphatic heterocycles. The minimum atomic E-state index is -0.0455. The van der Waals surface area contributed by atoms with Gasteiger partial charge in [-0.25, -0.2) is 4.98 Å². The van der Waals surface area contributed by atoms with Gasteiger partial charge >= 0.3 is 0 Å². The second-order valence-electron chi connectivity index (χ2n) is 5.94. The van der Waals surface area contributed by atoms with E-state index in [-0.39, 0.29) is 5.91 Å². The van der Waals surface area contributed by atoms with Crippen molar-refractivity contribution in [3.63, 3.8) is 0 Å². The molecule has 1 aliphatic rings. The molecule has 0 saturated carbocycles. The highest BCUT2D eigenvalue weighted by molar-refractivity contribution is 7.14. The Hall–Kier alpha value is -2.36. The molecule has 0 aliphatic carbocycles. The lowest BCUT2D eigenvalue weighted by Gasteiger charge is -2.34. The molecule has 9 heteroatoms. The lowest BCUT2D eigenvalue weighted by Crippen LogP contribution is -2.48. The molecule has 0 atom stereocenters. The van der Waals surface area contributed by atoms with Gasteiger partial charge in [0, 0.05) is 37.1 Å². The SMILES string of the molecule is O=C(CN1CCN(c2nc(-c3ccccc3)cs2)CC1)Nc1nncs1. The topological polar surface area (TPSA) is 74.2 Å². The van der Waals surface area contributed by atoms with Gasteiger partial charge in [0.2, 0.25) is 11.0 Å². The molecule has 0 bridgehead atoms. The fourth-order valence-electron chi connectivity index (χ4n) is 2.84. The van der Waals surface area contributed by atoms with Crippen LogP contribution in [-0.2, 0) is 4.79 Å². The normalized spacial score (nSPS) is 15.2. The standard InChI is InChI=1S/C17H18N6OS2/c24-15(20-16-21-18-12-26-16)10-22-6-8-23(9-7-22)17-19-14(11-25-17)13-4-2-1-3-5-13/h1-5,11-12H,6-10H2,(H,20,21,24). The summed E-state index contributed by atoms with van der Waals surface area (Å²) in [6, 6.07) is 10.2. The molecular weight excluding hydrogens is 368 g/mol. The van der Waals surface area contributed by atoms with Gasteiger partial charge in [0.25, 0.3) is 0 Å². The van der Waals surface area contributed by atoms with Crippen molar-refractivity contribution in [1.29, 1.82) is 0 Å². The summed E-state index contributed by atoms with van der Waals surface area (Å²) in [6.45, 7) is 3.79. The molecule has 0 spiro atoms. The van der Waals surface area contributed by atoms with Gasteiger partial charge in [-0.1, -0.05) is 41.7 Å². The van der Waals surface area contributed by atoms with Crippen LogP contribution >= 0.6 is 22.7 Å². The van der Waals surface area contributed by atoms with Crippen LogP contribution in [0.2, 0.25) is 0 Å². The zero-order chi connectivity index (χ0) is 17.8. The van der Waals surface area contributed by atoms with Gasteiger partial charge in [0.05, 0.1) is 12.2 Å². The number of aromatic nitrogens is 3. The van der Waals surface area contributed by atoms with Crippen molar-refractivity contribution in [2.75, 3.05) is 42.9 Å². The molecule has 4 rings (SSSR count). The molecule has 1 N–H and O–H groups in total. The Labute approximate surface area is 159 Å². The third-order valence-electron chi connectivity index (χ3n) is 4.18. The van der Waals surface area contributed by atoms with E-state index < -0.39 is 0 Å². The highest BCUT2D eigenvalue weighted by Gasteiger charge is 2.21. The highest BCUT2D eigenvalue weighted by Crippen LogP contribution is 2.27. The third-order valence-corrected chi connectivity index (χ3v) is 5.69. The monoisotopic (exact) mass is 386 g/mol. The maximum absolute atomic E-state index is 12.1. The van der Waals surface area contributed by atoms with E-state index in [1.807, 2.05) is 18.2 Å². The smallest absolute Gasteiger partial charge is 0.240 e. The van der Waals surface area contributed by atoms with Gasteiger partial charge in [-0.05, 0) is 0 Å². The molecule has 1 fully saturated rings. The Morgan fingerprint density at radius 3 is 2.65 bits per heavy atom. The summed E-state index contributed by atoms with van der Waals surface area (Å²) in [7, 11) is 0. The first-order chi connectivity index (χ1) is 12.8. The van der Waals surface area contributed by atoms with Crippen LogP contribution in [-0.4, -0.2) is 58.7 Å². The van der Waals surface area contributed by atoms with E-state index in [1.54, 1.807) is 16.8 Å². The minimum Gasteiger partial charge on any atom is -0.346 e. The van der Waals surface area contributed by atoms with Crippen LogP contribution in [0.25, 0.3) is 11.3 Å². The number of carbonyl (C=O) groups excluding carboxylic acids is 1. The average molecular weight is 387 g/mol. The molecule has 2 aromatic heterocycles. The number of amides is 1. The van der Waals surface area contributed by atoms with Gasteiger partial charge in [-0.2, -0.15) is 0 Å². The van der Waals surface area contributed by atoms with Gasteiger partial charge in [-0.3, -0.25) is 15.0 Å². The van der Waals surface area contributed by atoms with Crippen molar-refractivity contribution in [1.82, 2.24) is 20.1 Å². The van der Waals surface area contributed by atoms with Crippen LogP contribution < -0.4 is 10.2 Å². The largest absolute Gasteiger partial charge is 0.346 e. The maximum Gasteiger partial charge on any atom is 0.240 e. The van der Waals surface area contributed by atoms with Crippen LogP contribution in [0.5, 0.6) is 0 Å². The predicted octanol–water partition coefficient (Wildman–Crippen LogP) is 2.42. The molecule has 134 valence electrons. The molecule has 3 heterocycles. The summed E-state index contributed by atoms with van der Waals surface area (Å²) in [5.41, 5.74) is 3.76. The van der Waals surface area contributed by atoms with E-state index in [4.69, 9.17) is 4.98 Å². The minimum absolute atomic E-state index is 0.0455. The Bertz CT molecular complexity index is 843. The molecule has 26 heavy (non-hydrogen) atoms. The van der Waals surface area contributed by atoms with Gasteiger partial charge in [-0.15, -0.1) is 21.5 Å². The van der Waals surface area contributed by atoms with Gasteiger partial charge in [0.1, 0.15) is 5.51 Å². The number of thiazole rings is 1. The predicted molar refractivity (Wildman–Crippen MR) is 105 cm³/mol. The highest BCUT2D eigenvalue weighted by atomic mass is 32.1. The van der Waals surface area contributed by atoms with Crippen LogP contribution in [0.4, 0.5) is 10.3 Å². The first-order valence-corrected chi connectivity index (χ1v) is 10.1. The second-order valence-corrected chi connectivity index (χ2v) is 7.61. The second kappa shape index (κ2) is 7.90. The number of piperazine rings is 1. The molecule has 0 radical (unpaired) electrons. The first kappa shape index (κ1) is 17.1. The zero-order valence-electron chi connectivity index (χ0n) is 14.0. The lowest BCUT2D eigenvalue weighted by atomic mass is 10.2. The first-order valence-electron chi connectivity index (χ1n) is 8.32. The van der Waals surface area contributed by atoms with Crippen molar-refractivity contribution in [2.24, 2.45) is 0 Å². The van der Waals surface area contributed by atoms with Crippen LogP contribution in [0.15, 0.2) is 41.2 Å².